The molecule has 0 amide bonds. The van der Waals surface area contributed by atoms with Crippen LogP contribution in [0.1, 0.15) is 20.3 Å². The van der Waals surface area contributed by atoms with Gasteiger partial charge in [-0.2, -0.15) is 0 Å². The first-order chi connectivity index (χ1) is 6.87. The Morgan fingerprint density at radius 2 is 2.13 bits per heavy atom. The Hall–Kier alpha value is -0.710. The molecule has 0 aliphatic carbocycles. The third kappa shape index (κ3) is 1.97. The van der Waals surface area contributed by atoms with E-state index in [0.29, 0.717) is 13.1 Å². The number of halogens is 2. The number of carbonyl (C=O) groups is 1. The third-order valence-corrected chi connectivity index (χ3v) is 3.17. The van der Waals surface area contributed by atoms with Gasteiger partial charge in [-0.3, -0.25) is 4.79 Å². The second-order valence-electron chi connectivity index (χ2n) is 4.15. The molecular weight excluding hydrogens is 204 g/mol. The minimum Gasteiger partial charge on any atom is -0.468 e. The Balaban J connectivity index is 2.93. The van der Waals surface area contributed by atoms with Gasteiger partial charge in [-0.15, -0.1) is 0 Å². The number of ether oxygens (including phenoxy) is 1. The monoisotopic (exact) mass is 221 g/mol. The molecule has 0 aromatic rings. The van der Waals surface area contributed by atoms with Crippen LogP contribution < -0.4 is 0 Å². The quantitative estimate of drug-likeness (QED) is 0.662. The van der Waals surface area contributed by atoms with Gasteiger partial charge in [0.2, 0.25) is 0 Å². The van der Waals surface area contributed by atoms with Crippen molar-refractivity contribution in [2.75, 3.05) is 26.7 Å². The molecule has 5 heteroatoms. The summed E-state index contributed by atoms with van der Waals surface area (Å²) in [5.74, 6) is -3.81. The Morgan fingerprint density at radius 3 is 2.60 bits per heavy atom. The SMILES string of the molecule is CCN1CCC(F)(F)[C@](C)(C(=O)OC)C1. The molecule has 0 radical (unpaired) electrons. The molecule has 0 N–H and O–H groups in total. The molecular formula is C10H17F2NO2. The van der Waals surface area contributed by atoms with Gasteiger partial charge >= 0.3 is 5.97 Å². The molecule has 1 aliphatic rings. The summed E-state index contributed by atoms with van der Waals surface area (Å²) in [6, 6.07) is 0. The summed E-state index contributed by atoms with van der Waals surface area (Å²) in [4.78, 5) is 13.3. The zero-order valence-corrected chi connectivity index (χ0v) is 9.35. The molecule has 0 spiro atoms. The normalized spacial score (nSPS) is 31.3. The van der Waals surface area contributed by atoms with Crippen LogP contribution in [0.4, 0.5) is 8.78 Å². The summed E-state index contributed by atoms with van der Waals surface area (Å²) in [7, 11) is 1.15. The molecule has 0 aromatic carbocycles. The van der Waals surface area contributed by atoms with Crippen LogP contribution in [0.2, 0.25) is 0 Å². The maximum atomic E-state index is 13.7. The van der Waals surface area contributed by atoms with Gasteiger partial charge in [-0.25, -0.2) is 8.78 Å². The van der Waals surface area contributed by atoms with Crippen LogP contribution in [0.15, 0.2) is 0 Å². The number of hydrogen-bond acceptors (Lipinski definition) is 3. The summed E-state index contributed by atoms with van der Waals surface area (Å²) in [5, 5.41) is 0. The van der Waals surface area contributed by atoms with Crippen LogP contribution in [0.25, 0.3) is 0 Å². The molecule has 0 aromatic heterocycles. The van der Waals surface area contributed by atoms with Gasteiger partial charge in [0.25, 0.3) is 5.92 Å². The first kappa shape index (κ1) is 12.4. The Bertz CT molecular complexity index is 258. The van der Waals surface area contributed by atoms with E-state index in [9.17, 15) is 13.6 Å². The molecule has 1 atom stereocenters. The highest BCUT2D eigenvalue weighted by molar-refractivity contribution is 5.78. The highest BCUT2D eigenvalue weighted by Gasteiger charge is 2.59. The van der Waals surface area contributed by atoms with Crippen LogP contribution in [-0.4, -0.2) is 43.5 Å². The number of esters is 1. The lowest BCUT2D eigenvalue weighted by atomic mass is 9.78. The van der Waals surface area contributed by atoms with E-state index in [1.54, 1.807) is 0 Å². The summed E-state index contributed by atoms with van der Waals surface area (Å²) in [6.45, 7) is 4.23. The number of rotatable bonds is 2. The Kier molecular flexibility index (Phi) is 3.33. The van der Waals surface area contributed by atoms with Crippen molar-refractivity contribution in [3.05, 3.63) is 0 Å². The molecule has 88 valence electrons. The van der Waals surface area contributed by atoms with E-state index in [-0.39, 0.29) is 13.0 Å². The van der Waals surface area contributed by atoms with E-state index in [0.717, 1.165) is 7.11 Å². The first-order valence-corrected chi connectivity index (χ1v) is 5.06. The average Bonchev–Trinajstić information content (AvgIpc) is 2.21. The fourth-order valence-corrected chi connectivity index (χ4v) is 1.93. The van der Waals surface area contributed by atoms with Gasteiger partial charge in [-0.05, 0) is 13.5 Å². The smallest absolute Gasteiger partial charge is 0.318 e. The zero-order chi connectivity index (χ0) is 11.7. The molecule has 0 unspecified atom stereocenters. The lowest BCUT2D eigenvalue weighted by Crippen LogP contribution is -2.58. The molecule has 3 nitrogen and oxygen atoms in total. The predicted molar refractivity (Wildman–Crippen MR) is 51.8 cm³/mol. The molecule has 0 bridgehead atoms. The lowest BCUT2D eigenvalue weighted by molar-refractivity contribution is -0.195. The molecule has 1 rings (SSSR count). The van der Waals surface area contributed by atoms with Gasteiger partial charge in [0.05, 0.1) is 7.11 Å². The maximum Gasteiger partial charge on any atom is 0.318 e. The van der Waals surface area contributed by atoms with Crippen molar-refractivity contribution in [3.63, 3.8) is 0 Å². The van der Waals surface area contributed by atoms with Gasteiger partial charge in [-0.1, -0.05) is 6.92 Å². The maximum absolute atomic E-state index is 13.7. The Labute approximate surface area is 88.4 Å². The number of alkyl halides is 2. The highest BCUT2D eigenvalue weighted by atomic mass is 19.3. The van der Waals surface area contributed by atoms with Crippen molar-refractivity contribution >= 4 is 5.97 Å². The lowest BCUT2D eigenvalue weighted by Gasteiger charge is -2.43. The van der Waals surface area contributed by atoms with Gasteiger partial charge in [0.1, 0.15) is 5.41 Å². The number of methoxy groups -OCH3 is 1. The fourth-order valence-electron chi connectivity index (χ4n) is 1.93. The molecule has 0 saturated carbocycles. The summed E-state index contributed by atoms with van der Waals surface area (Å²) in [5.41, 5.74) is -1.71. The van der Waals surface area contributed by atoms with E-state index < -0.39 is 17.3 Å². The van der Waals surface area contributed by atoms with Crippen LogP contribution in [-0.2, 0) is 9.53 Å². The molecule has 1 fully saturated rings. The fraction of sp³-hybridized carbons (Fsp3) is 0.900. The first-order valence-electron chi connectivity index (χ1n) is 5.06. The van der Waals surface area contributed by atoms with Gasteiger partial charge < -0.3 is 9.64 Å². The number of hydrogen-bond donors (Lipinski definition) is 0. The zero-order valence-electron chi connectivity index (χ0n) is 9.35. The molecule has 15 heavy (non-hydrogen) atoms. The molecule has 1 saturated heterocycles. The third-order valence-electron chi connectivity index (χ3n) is 3.17. The van der Waals surface area contributed by atoms with Crippen molar-refractivity contribution in [1.82, 2.24) is 4.90 Å². The predicted octanol–water partition coefficient (Wildman–Crippen LogP) is 1.53. The number of likely N-dealkylation sites (tertiary alicyclic amines) is 1. The summed E-state index contributed by atoms with van der Waals surface area (Å²) in [6.07, 6.45) is -0.285. The van der Waals surface area contributed by atoms with Crippen molar-refractivity contribution < 1.29 is 18.3 Å². The van der Waals surface area contributed by atoms with E-state index in [2.05, 4.69) is 4.74 Å². The minimum atomic E-state index is -2.98. The second kappa shape index (κ2) is 4.04. The molecule has 1 aliphatic heterocycles. The van der Waals surface area contributed by atoms with Crippen molar-refractivity contribution in [2.24, 2.45) is 5.41 Å². The van der Waals surface area contributed by atoms with Gasteiger partial charge in [0, 0.05) is 19.5 Å². The van der Waals surface area contributed by atoms with Gasteiger partial charge in [0.15, 0.2) is 0 Å². The summed E-state index contributed by atoms with van der Waals surface area (Å²) < 4.78 is 31.8. The summed E-state index contributed by atoms with van der Waals surface area (Å²) >= 11 is 0. The van der Waals surface area contributed by atoms with E-state index in [1.165, 1.54) is 6.92 Å². The highest BCUT2D eigenvalue weighted by Crippen LogP contribution is 2.44. The van der Waals surface area contributed by atoms with Crippen molar-refractivity contribution in [3.8, 4) is 0 Å². The molecule has 1 heterocycles. The topological polar surface area (TPSA) is 29.5 Å². The van der Waals surface area contributed by atoms with Crippen LogP contribution in [0, 0.1) is 5.41 Å². The van der Waals surface area contributed by atoms with Crippen LogP contribution >= 0.6 is 0 Å². The largest absolute Gasteiger partial charge is 0.468 e. The number of nitrogens with zero attached hydrogens (tertiary/aromatic N) is 1. The minimum absolute atomic E-state index is 0.0587. The van der Waals surface area contributed by atoms with E-state index in [1.807, 2.05) is 11.8 Å². The van der Waals surface area contributed by atoms with Crippen LogP contribution in [0.5, 0.6) is 0 Å². The second-order valence-corrected chi connectivity index (χ2v) is 4.15. The number of carbonyl (C=O) groups excluding carboxylic acids is 1. The van der Waals surface area contributed by atoms with E-state index in [4.69, 9.17) is 0 Å². The average molecular weight is 221 g/mol. The van der Waals surface area contributed by atoms with Crippen LogP contribution in [0.3, 0.4) is 0 Å². The standard InChI is InChI=1S/C10H17F2NO2/c1-4-13-6-5-10(11,12)9(2,7-13)8(14)15-3/h4-7H2,1-3H3/t9-/m0/s1. The van der Waals surface area contributed by atoms with Crippen molar-refractivity contribution in [1.29, 1.82) is 0 Å². The number of piperidine rings is 1. The van der Waals surface area contributed by atoms with Crippen molar-refractivity contribution in [2.45, 2.75) is 26.2 Å². The Morgan fingerprint density at radius 1 is 1.53 bits per heavy atom. The van der Waals surface area contributed by atoms with E-state index >= 15 is 0 Å².